The van der Waals surface area contributed by atoms with E-state index in [0.717, 1.165) is 40.4 Å². The summed E-state index contributed by atoms with van der Waals surface area (Å²) in [5.74, 6) is 2.12. The molecule has 2 heterocycles. The summed E-state index contributed by atoms with van der Waals surface area (Å²) in [6, 6.07) is 13.3. The van der Waals surface area contributed by atoms with Crippen LogP contribution in [0.2, 0.25) is 5.02 Å². The van der Waals surface area contributed by atoms with E-state index in [9.17, 15) is 4.79 Å². The van der Waals surface area contributed by atoms with Gasteiger partial charge in [-0.25, -0.2) is 4.98 Å². The highest BCUT2D eigenvalue weighted by Gasteiger charge is 2.23. The van der Waals surface area contributed by atoms with Crippen LogP contribution in [0.15, 0.2) is 47.3 Å². The number of halogens is 1. The number of aromatic amines is 1. The molecular weight excluding hydrogens is 414 g/mol. The van der Waals surface area contributed by atoms with E-state index >= 15 is 0 Å². The van der Waals surface area contributed by atoms with E-state index in [1.807, 2.05) is 38.1 Å². The average molecular weight is 440 g/mol. The lowest BCUT2D eigenvalue weighted by Gasteiger charge is -2.28. The standard InChI is InChI=1S/C24H26ClN3O3/c1-3-30-21-7-5-6-17(22(21)31-4-2)14-28-13-12-19-20(15-28)26-23(27-24(19)29)16-8-10-18(25)11-9-16/h5-11H,3-4,12-15H2,1-2H3,(H,26,27,29). The molecule has 31 heavy (non-hydrogen) atoms. The Balaban J connectivity index is 1.60. The Morgan fingerprint density at radius 2 is 1.87 bits per heavy atom. The summed E-state index contributed by atoms with van der Waals surface area (Å²) in [6.45, 7) is 7.17. The number of benzene rings is 2. The Kier molecular flexibility index (Phi) is 6.59. The number of hydrogen-bond donors (Lipinski definition) is 1. The van der Waals surface area contributed by atoms with Crippen molar-refractivity contribution in [3.63, 3.8) is 0 Å². The van der Waals surface area contributed by atoms with Gasteiger partial charge in [0.05, 0.1) is 18.9 Å². The van der Waals surface area contributed by atoms with Crippen LogP contribution < -0.4 is 15.0 Å². The predicted molar refractivity (Wildman–Crippen MR) is 122 cm³/mol. The Morgan fingerprint density at radius 3 is 2.61 bits per heavy atom. The molecule has 6 nitrogen and oxygen atoms in total. The largest absolute Gasteiger partial charge is 0.490 e. The van der Waals surface area contributed by atoms with Crippen molar-refractivity contribution >= 4 is 11.6 Å². The van der Waals surface area contributed by atoms with Crippen LogP contribution in [0.25, 0.3) is 11.4 Å². The molecule has 0 radical (unpaired) electrons. The molecule has 7 heteroatoms. The second-order valence-corrected chi connectivity index (χ2v) is 7.85. The van der Waals surface area contributed by atoms with Crippen LogP contribution in [0.3, 0.4) is 0 Å². The lowest BCUT2D eigenvalue weighted by Crippen LogP contribution is -2.35. The van der Waals surface area contributed by atoms with Gasteiger partial charge in [0.25, 0.3) is 5.56 Å². The maximum atomic E-state index is 12.7. The SMILES string of the molecule is CCOc1cccc(CN2CCc3c(nc(-c4ccc(Cl)cc4)[nH]c3=O)C2)c1OCC. The number of nitrogens with zero attached hydrogens (tertiary/aromatic N) is 2. The molecule has 1 aromatic heterocycles. The summed E-state index contributed by atoms with van der Waals surface area (Å²) in [5.41, 5.74) is 3.42. The molecule has 162 valence electrons. The summed E-state index contributed by atoms with van der Waals surface area (Å²) < 4.78 is 11.7. The van der Waals surface area contributed by atoms with Crippen molar-refractivity contribution in [2.45, 2.75) is 33.4 Å². The smallest absolute Gasteiger partial charge is 0.254 e. The number of para-hydroxylation sites is 1. The zero-order valence-electron chi connectivity index (χ0n) is 17.8. The van der Waals surface area contributed by atoms with E-state index in [1.165, 1.54) is 0 Å². The van der Waals surface area contributed by atoms with Gasteiger partial charge in [-0.15, -0.1) is 0 Å². The van der Waals surface area contributed by atoms with Gasteiger partial charge < -0.3 is 14.5 Å². The van der Waals surface area contributed by atoms with Crippen molar-refractivity contribution in [3.05, 3.63) is 74.7 Å². The van der Waals surface area contributed by atoms with Crippen molar-refractivity contribution in [2.75, 3.05) is 19.8 Å². The van der Waals surface area contributed by atoms with Crippen molar-refractivity contribution in [1.29, 1.82) is 0 Å². The van der Waals surface area contributed by atoms with Crippen LogP contribution in [-0.2, 0) is 19.5 Å². The summed E-state index contributed by atoms with van der Waals surface area (Å²) >= 11 is 5.99. The highest BCUT2D eigenvalue weighted by atomic mass is 35.5. The number of rotatable bonds is 7. The first-order valence-corrected chi connectivity index (χ1v) is 10.9. The quantitative estimate of drug-likeness (QED) is 0.589. The Bertz CT molecular complexity index is 1110. The molecule has 1 aliphatic rings. The molecule has 2 aromatic carbocycles. The van der Waals surface area contributed by atoms with E-state index in [0.29, 0.717) is 43.6 Å². The van der Waals surface area contributed by atoms with Gasteiger partial charge in [-0.1, -0.05) is 23.7 Å². The Morgan fingerprint density at radius 1 is 1.10 bits per heavy atom. The molecule has 4 rings (SSSR count). The molecule has 1 N–H and O–H groups in total. The first kappa shape index (κ1) is 21.4. The maximum Gasteiger partial charge on any atom is 0.254 e. The third kappa shape index (κ3) is 4.75. The number of aromatic nitrogens is 2. The van der Waals surface area contributed by atoms with Gasteiger partial charge in [0, 0.05) is 41.3 Å². The van der Waals surface area contributed by atoms with Gasteiger partial charge in [0.2, 0.25) is 0 Å². The topological polar surface area (TPSA) is 67.5 Å². The second-order valence-electron chi connectivity index (χ2n) is 7.42. The van der Waals surface area contributed by atoms with Crippen molar-refractivity contribution in [2.24, 2.45) is 0 Å². The Labute approximate surface area is 186 Å². The fraction of sp³-hybridized carbons (Fsp3) is 0.333. The molecule has 0 aliphatic carbocycles. The third-order valence-corrected chi connectivity index (χ3v) is 5.57. The van der Waals surface area contributed by atoms with Gasteiger partial charge in [0.1, 0.15) is 5.82 Å². The molecule has 0 saturated carbocycles. The summed E-state index contributed by atoms with van der Waals surface area (Å²) in [5, 5.41) is 0.648. The van der Waals surface area contributed by atoms with E-state index in [4.69, 9.17) is 26.1 Å². The van der Waals surface area contributed by atoms with E-state index in [2.05, 4.69) is 16.0 Å². The van der Waals surface area contributed by atoms with Crippen LogP contribution in [-0.4, -0.2) is 34.6 Å². The van der Waals surface area contributed by atoms with Gasteiger partial charge >= 0.3 is 0 Å². The molecule has 0 atom stereocenters. The molecule has 0 bridgehead atoms. The third-order valence-electron chi connectivity index (χ3n) is 5.31. The number of hydrogen-bond acceptors (Lipinski definition) is 5. The van der Waals surface area contributed by atoms with Crippen LogP contribution in [0.5, 0.6) is 11.5 Å². The highest BCUT2D eigenvalue weighted by Crippen LogP contribution is 2.33. The minimum Gasteiger partial charge on any atom is -0.490 e. The van der Waals surface area contributed by atoms with Crippen molar-refractivity contribution < 1.29 is 9.47 Å². The number of ether oxygens (including phenoxy) is 2. The van der Waals surface area contributed by atoms with Gasteiger partial charge in [-0.2, -0.15) is 0 Å². The second kappa shape index (κ2) is 9.54. The minimum atomic E-state index is -0.0667. The molecule has 1 aliphatic heterocycles. The molecule has 0 unspecified atom stereocenters. The minimum absolute atomic E-state index is 0.0667. The first-order valence-electron chi connectivity index (χ1n) is 10.6. The molecule has 0 amide bonds. The zero-order valence-corrected chi connectivity index (χ0v) is 18.5. The normalized spacial score (nSPS) is 13.6. The van der Waals surface area contributed by atoms with Crippen molar-refractivity contribution in [3.8, 4) is 22.9 Å². The first-order chi connectivity index (χ1) is 15.1. The summed E-state index contributed by atoms with van der Waals surface area (Å²) in [4.78, 5) is 22.6. The fourth-order valence-corrected chi connectivity index (χ4v) is 4.00. The molecule has 0 saturated heterocycles. The van der Waals surface area contributed by atoms with Crippen molar-refractivity contribution in [1.82, 2.24) is 14.9 Å². The van der Waals surface area contributed by atoms with Crippen LogP contribution in [0.1, 0.15) is 30.7 Å². The average Bonchev–Trinajstić information content (AvgIpc) is 2.76. The van der Waals surface area contributed by atoms with E-state index in [1.54, 1.807) is 12.1 Å². The summed E-state index contributed by atoms with van der Waals surface area (Å²) in [6.07, 6.45) is 0.660. The zero-order chi connectivity index (χ0) is 21.8. The molecular formula is C24H26ClN3O3. The van der Waals surface area contributed by atoms with E-state index in [-0.39, 0.29) is 5.56 Å². The van der Waals surface area contributed by atoms with Crippen LogP contribution in [0, 0.1) is 0 Å². The van der Waals surface area contributed by atoms with Gasteiger partial charge in [-0.3, -0.25) is 9.69 Å². The number of fused-ring (bicyclic) bond motifs is 1. The molecule has 0 fully saturated rings. The number of nitrogens with one attached hydrogen (secondary N) is 1. The van der Waals surface area contributed by atoms with Gasteiger partial charge in [0.15, 0.2) is 11.5 Å². The maximum absolute atomic E-state index is 12.7. The number of H-pyrrole nitrogens is 1. The molecule has 3 aromatic rings. The fourth-order valence-electron chi connectivity index (χ4n) is 3.88. The Hall–Kier alpha value is -2.83. The monoisotopic (exact) mass is 439 g/mol. The van der Waals surface area contributed by atoms with Crippen LogP contribution >= 0.6 is 11.6 Å². The summed E-state index contributed by atoms with van der Waals surface area (Å²) in [7, 11) is 0. The van der Waals surface area contributed by atoms with Gasteiger partial charge in [-0.05, 0) is 50.6 Å². The van der Waals surface area contributed by atoms with E-state index < -0.39 is 0 Å². The lowest BCUT2D eigenvalue weighted by molar-refractivity contribution is 0.231. The lowest BCUT2D eigenvalue weighted by atomic mass is 10.0. The van der Waals surface area contributed by atoms with Crippen LogP contribution in [0.4, 0.5) is 0 Å². The molecule has 0 spiro atoms. The predicted octanol–water partition coefficient (Wildman–Crippen LogP) is 4.45. The highest BCUT2D eigenvalue weighted by molar-refractivity contribution is 6.30.